The minimum Gasteiger partial charge on any atom is -0.401 e. The smallest absolute Gasteiger partial charge is 0.0419 e. The van der Waals surface area contributed by atoms with Crippen molar-refractivity contribution in [1.29, 1.82) is 0 Å². The summed E-state index contributed by atoms with van der Waals surface area (Å²) in [7, 11) is 0. The molecule has 0 aliphatic heterocycles. The topological polar surface area (TPSA) is 41.6 Å². The molecule has 2 N–H and O–H groups in total. The lowest BCUT2D eigenvalue weighted by Crippen LogP contribution is -2.13. The van der Waals surface area contributed by atoms with E-state index in [1.54, 1.807) is 0 Å². The summed E-state index contributed by atoms with van der Waals surface area (Å²) in [4.78, 5) is 0. The molecule has 0 aliphatic rings. The van der Waals surface area contributed by atoms with Crippen LogP contribution in [0.1, 0.15) is 52.4 Å². The summed E-state index contributed by atoms with van der Waals surface area (Å²) in [6, 6.07) is 0. The van der Waals surface area contributed by atoms with Gasteiger partial charge < -0.3 is 5.73 Å². The van der Waals surface area contributed by atoms with Gasteiger partial charge in [0.2, 0.25) is 0 Å². The third kappa shape index (κ3) is 8.03. The summed E-state index contributed by atoms with van der Waals surface area (Å²) < 4.78 is 0. The van der Waals surface area contributed by atoms with Crippen LogP contribution in [0.2, 0.25) is 0 Å². The number of hydrazone groups is 1. The standard InChI is InChI=1S/C12H25N3/c1-4-6-7-8-9-12(13)11-15(14-3)10-5-2/h11H,3-10,13H2,1-2H3/b12-11-. The number of allylic oxidation sites excluding steroid dienone is 1. The van der Waals surface area contributed by atoms with E-state index < -0.39 is 0 Å². The van der Waals surface area contributed by atoms with Crippen molar-refractivity contribution in [3.05, 3.63) is 11.9 Å². The molecule has 0 spiro atoms. The van der Waals surface area contributed by atoms with Gasteiger partial charge in [0.1, 0.15) is 0 Å². The monoisotopic (exact) mass is 211 g/mol. The fraction of sp³-hybridized carbons (Fsp3) is 0.750. The Bertz CT molecular complexity index is 187. The number of unbranched alkanes of at least 4 members (excludes halogenated alkanes) is 3. The highest BCUT2D eigenvalue weighted by Gasteiger charge is 1.96. The van der Waals surface area contributed by atoms with Crippen molar-refractivity contribution >= 4 is 6.72 Å². The molecular weight excluding hydrogens is 186 g/mol. The molecule has 3 heteroatoms. The molecular formula is C12H25N3. The van der Waals surface area contributed by atoms with E-state index in [1.807, 2.05) is 11.2 Å². The molecule has 0 rings (SSSR count). The van der Waals surface area contributed by atoms with Crippen LogP contribution in [0, 0.1) is 0 Å². The van der Waals surface area contributed by atoms with E-state index >= 15 is 0 Å². The Kier molecular flexibility index (Phi) is 8.93. The molecule has 0 aromatic carbocycles. The van der Waals surface area contributed by atoms with Gasteiger partial charge >= 0.3 is 0 Å². The molecule has 0 aliphatic carbocycles. The van der Waals surface area contributed by atoms with Crippen LogP contribution < -0.4 is 5.73 Å². The van der Waals surface area contributed by atoms with Gasteiger partial charge in [-0.2, -0.15) is 5.10 Å². The average molecular weight is 211 g/mol. The second-order valence-corrected chi connectivity index (χ2v) is 3.82. The Morgan fingerprint density at radius 3 is 2.53 bits per heavy atom. The Hall–Kier alpha value is -0.990. The van der Waals surface area contributed by atoms with E-state index in [2.05, 4.69) is 25.7 Å². The predicted molar refractivity (Wildman–Crippen MR) is 67.6 cm³/mol. The van der Waals surface area contributed by atoms with Crippen LogP contribution in [0.15, 0.2) is 17.0 Å². The Labute approximate surface area is 94.0 Å². The summed E-state index contributed by atoms with van der Waals surface area (Å²) in [6.45, 7) is 8.73. The van der Waals surface area contributed by atoms with E-state index in [0.29, 0.717) is 0 Å². The number of nitrogens with zero attached hydrogens (tertiary/aromatic N) is 2. The van der Waals surface area contributed by atoms with Crippen LogP contribution in [-0.4, -0.2) is 18.3 Å². The Morgan fingerprint density at radius 1 is 1.27 bits per heavy atom. The van der Waals surface area contributed by atoms with Crippen molar-refractivity contribution in [3.63, 3.8) is 0 Å². The van der Waals surface area contributed by atoms with Gasteiger partial charge in [-0.3, -0.25) is 5.01 Å². The number of nitrogens with two attached hydrogens (primary N) is 1. The van der Waals surface area contributed by atoms with Gasteiger partial charge in [-0.15, -0.1) is 0 Å². The molecule has 0 atom stereocenters. The van der Waals surface area contributed by atoms with Crippen molar-refractivity contribution in [2.24, 2.45) is 10.8 Å². The Morgan fingerprint density at radius 2 is 2.00 bits per heavy atom. The van der Waals surface area contributed by atoms with Crippen LogP contribution in [0.5, 0.6) is 0 Å². The minimum atomic E-state index is 0.888. The maximum absolute atomic E-state index is 5.89. The summed E-state index contributed by atoms with van der Waals surface area (Å²) >= 11 is 0. The van der Waals surface area contributed by atoms with Crippen LogP contribution >= 0.6 is 0 Å². The SMILES string of the molecule is C=NN(/C=C(\N)CCCCCC)CCC. The minimum absolute atomic E-state index is 0.888. The summed E-state index contributed by atoms with van der Waals surface area (Å²) in [5, 5.41) is 5.70. The summed E-state index contributed by atoms with van der Waals surface area (Å²) in [6.07, 6.45) is 8.93. The molecule has 15 heavy (non-hydrogen) atoms. The fourth-order valence-corrected chi connectivity index (χ4v) is 1.42. The lowest BCUT2D eigenvalue weighted by atomic mass is 10.1. The molecule has 0 unspecified atom stereocenters. The zero-order valence-corrected chi connectivity index (χ0v) is 10.2. The molecule has 3 nitrogen and oxygen atoms in total. The molecule has 0 saturated carbocycles. The normalized spacial score (nSPS) is 11.5. The Balaban J connectivity index is 3.78. The van der Waals surface area contributed by atoms with Gasteiger partial charge in [0, 0.05) is 25.2 Å². The third-order valence-electron chi connectivity index (χ3n) is 2.27. The van der Waals surface area contributed by atoms with E-state index in [9.17, 15) is 0 Å². The van der Waals surface area contributed by atoms with E-state index in [0.717, 1.165) is 25.1 Å². The fourth-order valence-electron chi connectivity index (χ4n) is 1.42. The average Bonchev–Trinajstić information content (AvgIpc) is 2.24. The highest BCUT2D eigenvalue weighted by molar-refractivity contribution is 5.23. The third-order valence-corrected chi connectivity index (χ3v) is 2.27. The predicted octanol–water partition coefficient (Wildman–Crippen LogP) is 3.08. The second-order valence-electron chi connectivity index (χ2n) is 3.82. The van der Waals surface area contributed by atoms with Crippen LogP contribution in [0.25, 0.3) is 0 Å². The first kappa shape index (κ1) is 14.0. The number of hydrogen-bond acceptors (Lipinski definition) is 3. The van der Waals surface area contributed by atoms with Gasteiger partial charge in [0.05, 0.1) is 0 Å². The van der Waals surface area contributed by atoms with Crippen LogP contribution in [-0.2, 0) is 0 Å². The molecule has 88 valence electrons. The molecule has 0 aromatic rings. The molecule has 0 saturated heterocycles. The highest BCUT2D eigenvalue weighted by atomic mass is 15.4. The molecule has 0 aromatic heterocycles. The lowest BCUT2D eigenvalue weighted by molar-refractivity contribution is 0.396. The zero-order chi connectivity index (χ0) is 11.5. The molecule has 0 heterocycles. The van der Waals surface area contributed by atoms with Gasteiger partial charge in [-0.1, -0.05) is 33.1 Å². The quantitative estimate of drug-likeness (QED) is 0.362. The summed E-state index contributed by atoms with van der Waals surface area (Å²) in [5.74, 6) is 0. The number of rotatable bonds is 9. The molecule has 0 fully saturated rings. The first-order chi connectivity index (χ1) is 7.24. The number of hydrogen-bond donors (Lipinski definition) is 1. The molecule has 0 bridgehead atoms. The van der Waals surface area contributed by atoms with E-state index in [-0.39, 0.29) is 0 Å². The van der Waals surface area contributed by atoms with Crippen molar-refractivity contribution in [2.45, 2.75) is 52.4 Å². The van der Waals surface area contributed by atoms with Gasteiger partial charge in [-0.05, 0) is 19.3 Å². The maximum Gasteiger partial charge on any atom is 0.0419 e. The van der Waals surface area contributed by atoms with Gasteiger partial charge in [0.15, 0.2) is 0 Å². The van der Waals surface area contributed by atoms with Gasteiger partial charge in [-0.25, -0.2) is 0 Å². The molecule has 0 radical (unpaired) electrons. The summed E-state index contributed by atoms with van der Waals surface area (Å²) in [5.41, 5.74) is 6.80. The first-order valence-corrected chi connectivity index (χ1v) is 5.94. The highest BCUT2D eigenvalue weighted by Crippen LogP contribution is 2.07. The van der Waals surface area contributed by atoms with Crippen LogP contribution in [0.3, 0.4) is 0 Å². The lowest BCUT2D eigenvalue weighted by Gasteiger charge is -2.13. The second kappa shape index (κ2) is 9.56. The van der Waals surface area contributed by atoms with Crippen molar-refractivity contribution < 1.29 is 0 Å². The largest absolute Gasteiger partial charge is 0.401 e. The zero-order valence-electron chi connectivity index (χ0n) is 10.2. The van der Waals surface area contributed by atoms with Crippen molar-refractivity contribution in [3.8, 4) is 0 Å². The maximum atomic E-state index is 5.89. The van der Waals surface area contributed by atoms with Gasteiger partial charge in [0.25, 0.3) is 0 Å². The van der Waals surface area contributed by atoms with Crippen molar-refractivity contribution in [2.75, 3.05) is 6.54 Å². The van der Waals surface area contributed by atoms with Crippen molar-refractivity contribution in [1.82, 2.24) is 5.01 Å². The molecule has 0 amide bonds. The van der Waals surface area contributed by atoms with E-state index in [1.165, 1.54) is 25.7 Å². The van der Waals surface area contributed by atoms with E-state index in [4.69, 9.17) is 5.73 Å². The first-order valence-electron chi connectivity index (χ1n) is 5.94. The van der Waals surface area contributed by atoms with Crippen LogP contribution in [0.4, 0.5) is 0 Å².